The normalized spacial score (nSPS) is 11.4. The van der Waals surface area contributed by atoms with E-state index in [2.05, 4.69) is 10.0 Å². The van der Waals surface area contributed by atoms with Gasteiger partial charge < -0.3 is 5.32 Å². The van der Waals surface area contributed by atoms with Crippen LogP contribution in [0.2, 0.25) is 0 Å². The number of nitrogens with zero attached hydrogens (tertiary/aromatic N) is 1. The highest BCUT2D eigenvalue weighted by molar-refractivity contribution is 7.92. The number of carbonyl (C=O) groups is 1. The van der Waals surface area contributed by atoms with Crippen LogP contribution in [0, 0.1) is 17.0 Å². The second-order valence-electron chi connectivity index (χ2n) is 6.77. The molecule has 33 heavy (non-hydrogen) atoms. The second-order valence-corrected chi connectivity index (χ2v) is 10.1. The van der Waals surface area contributed by atoms with E-state index in [1.54, 1.807) is 19.1 Å². The molecule has 0 aliphatic carbocycles. The van der Waals surface area contributed by atoms with Crippen LogP contribution in [0.3, 0.4) is 0 Å². The number of sulfonamides is 2. The van der Waals surface area contributed by atoms with Crippen LogP contribution >= 0.6 is 0 Å². The number of hydrogen-bond donors (Lipinski definition) is 3. The number of para-hydroxylation sites is 2. The molecular weight excluding hydrogens is 472 g/mol. The Morgan fingerprint density at radius 2 is 1.30 bits per heavy atom. The summed E-state index contributed by atoms with van der Waals surface area (Å²) >= 11 is 0. The summed E-state index contributed by atoms with van der Waals surface area (Å²) in [6.45, 7) is 1.78. The van der Waals surface area contributed by atoms with Crippen molar-refractivity contribution in [3.63, 3.8) is 0 Å². The van der Waals surface area contributed by atoms with Crippen molar-refractivity contribution in [3.05, 3.63) is 88.5 Å². The molecule has 3 rings (SSSR count). The molecule has 11 nitrogen and oxygen atoms in total. The van der Waals surface area contributed by atoms with Crippen molar-refractivity contribution in [3.8, 4) is 0 Å². The van der Waals surface area contributed by atoms with Crippen molar-refractivity contribution in [1.29, 1.82) is 0 Å². The van der Waals surface area contributed by atoms with Gasteiger partial charge in [0.05, 0.1) is 26.1 Å². The molecule has 0 aliphatic heterocycles. The summed E-state index contributed by atoms with van der Waals surface area (Å²) < 4.78 is 54.2. The number of carbonyl (C=O) groups excluding carboxylic acids is 1. The predicted octanol–water partition coefficient (Wildman–Crippen LogP) is 3.21. The van der Waals surface area contributed by atoms with Gasteiger partial charge in [0.15, 0.2) is 0 Å². The number of hydrogen-bond acceptors (Lipinski definition) is 7. The molecule has 0 spiro atoms. The first kappa shape index (κ1) is 23.7. The first-order chi connectivity index (χ1) is 15.5. The van der Waals surface area contributed by atoms with E-state index in [-0.39, 0.29) is 26.9 Å². The molecule has 0 bridgehead atoms. The fourth-order valence-corrected chi connectivity index (χ4v) is 4.67. The Hall–Kier alpha value is -3.97. The highest BCUT2D eigenvalue weighted by Gasteiger charge is 2.20. The maximum Gasteiger partial charge on any atom is 0.333 e. The van der Waals surface area contributed by atoms with E-state index in [0.717, 1.165) is 29.8 Å². The molecule has 13 heteroatoms. The van der Waals surface area contributed by atoms with Crippen molar-refractivity contribution >= 4 is 43.1 Å². The number of nitro benzene ring substituents is 1. The molecule has 0 atom stereocenters. The first-order valence-electron chi connectivity index (χ1n) is 9.25. The third-order valence-corrected chi connectivity index (χ3v) is 7.06. The van der Waals surface area contributed by atoms with E-state index >= 15 is 0 Å². The van der Waals surface area contributed by atoms with Crippen molar-refractivity contribution in [1.82, 2.24) is 4.72 Å². The Bertz CT molecular complexity index is 1400. The number of nitro groups is 1. The van der Waals surface area contributed by atoms with Gasteiger partial charge in [-0.15, -0.1) is 0 Å². The van der Waals surface area contributed by atoms with E-state index in [9.17, 15) is 31.7 Å². The number of anilines is 2. The SMILES string of the molecule is Cc1ccc(S(=O)(=O)NC(=O)Nc2ccccc2NS(=O)(=O)c2ccc([N+](=O)[O-])cc2)cc1. The summed E-state index contributed by atoms with van der Waals surface area (Å²) in [5, 5.41) is 13.1. The van der Waals surface area contributed by atoms with Gasteiger partial charge in [-0.05, 0) is 43.3 Å². The van der Waals surface area contributed by atoms with Crippen molar-refractivity contribution < 1.29 is 26.6 Å². The number of urea groups is 1. The van der Waals surface area contributed by atoms with E-state index in [1.165, 1.54) is 36.4 Å². The average Bonchev–Trinajstić information content (AvgIpc) is 2.75. The van der Waals surface area contributed by atoms with Crippen LogP contribution in [-0.2, 0) is 20.0 Å². The summed E-state index contributed by atoms with van der Waals surface area (Å²) in [7, 11) is -8.31. The molecule has 172 valence electrons. The van der Waals surface area contributed by atoms with Crippen molar-refractivity contribution in [2.24, 2.45) is 0 Å². The minimum atomic E-state index is -4.16. The minimum absolute atomic E-state index is 0.0143. The Morgan fingerprint density at radius 1 is 0.788 bits per heavy atom. The van der Waals surface area contributed by atoms with Gasteiger partial charge in [0.2, 0.25) is 0 Å². The Labute approximate surface area is 189 Å². The molecule has 3 aromatic rings. The summed E-state index contributed by atoms with van der Waals surface area (Å²) in [6, 6.07) is 14.7. The topological polar surface area (TPSA) is 165 Å². The van der Waals surface area contributed by atoms with Crippen LogP contribution in [-0.4, -0.2) is 27.8 Å². The maximum atomic E-state index is 12.7. The zero-order valence-corrected chi connectivity index (χ0v) is 18.7. The lowest BCUT2D eigenvalue weighted by Crippen LogP contribution is -2.34. The first-order valence-corrected chi connectivity index (χ1v) is 12.2. The smallest absolute Gasteiger partial charge is 0.305 e. The lowest BCUT2D eigenvalue weighted by atomic mass is 10.2. The van der Waals surface area contributed by atoms with Crippen LogP contribution in [0.25, 0.3) is 0 Å². The molecule has 0 aromatic heterocycles. The minimum Gasteiger partial charge on any atom is -0.305 e. The Morgan fingerprint density at radius 3 is 1.88 bits per heavy atom. The van der Waals surface area contributed by atoms with Crippen LogP contribution in [0.4, 0.5) is 21.9 Å². The molecule has 0 radical (unpaired) electrons. The molecule has 0 saturated heterocycles. The number of benzene rings is 3. The zero-order valence-electron chi connectivity index (χ0n) is 17.0. The van der Waals surface area contributed by atoms with Gasteiger partial charge in [-0.2, -0.15) is 0 Å². The van der Waals surface area contributed by atoms with Gasteiger partial charge in [0.1, 0.15) is 0 Å². The van der Waals surface area contributed by atoms with Crippen LogP contribution < -0.4 is 14.8 Å². The zero-order chi connectivity index (χ0) is 24.2. The second kappa shape index (κ2) is 9.26. The lowest BCUT2D eigenvalue weighted by molar-refractivity contribution is -0.384. The Balaban J connectivity index is 1.78. The third-order valence-electron chi connectivity index (χ3n) is 4.34. The fourth-order valence-electron chi connectivity index (χ4n) is 2.68. The van der Waals surface area contributed by atoms with Crippen LogP contribution in [0.1, 0.15) is 5.56 Å². The van der Waals surface area contributed by atoms with Crippen molar-refractivity contribution in [2.45, 2.75) is 16.7 Å². The molecule has 3 aromatic carbocycles. The summed E-state index contributed by atoms with van der Waals surface area (Å²) in [6.07, 6.45) is 0. The van der Waals surface area contributed by atoms with Gasteiger partial charge >= 0.3 is 6.03 Å². The third kappa shape index (κ3) is 5.84. The van der Waals surface area contributed by atoms with Gasteiger partial charge in [0.25, 0.3) is 25.7 Å². The van der Waals surface area contributed by atoms with Gasteiger partial charge in [-0.3, -0.25) is 14.8 Å². The number of non-ortho nitro benzene ring substituents is 1. The van der Waals surface area contributed by atoms with Gasteiger partial charge in [-0.25, -0.2) is 26.4 Å². The summed E-state index contributed by atoms with van der Waals surface area (Å²) in [5.74, 6) is 0. The van der Waals surface area contributed by atoms with Gasteiger partial charge in [0, 0.05) is 12.1 Å². The monoisotopic (exact) mass is 490 g/mol. The van der Waals surface area contributed by atoms with Crippen LogP contribution in [0.15, 0.2) is 82.6 Å². The number of nitrogens with one attached hydrogen (secondary N) is 3. The highest BCUT2D eigenvalue weighted by Crippen LogP contribution is 2.25. The highest BCUT2D eigenvalue weighted by atomic mass is 32.2. The molecule has 2 amide bonds. The molecular formula is C20H18N4O7S2. The fraction of sp³-hybridized carbons (Fsp3) is 0.0500. The van der Waals surface area contributed by atoms with E-state index in [0.29, 0.717) is 0 Å². The molecule has 0 aliphatic rings. The summed E-state index contributed by atoms with van der Waals surface area (Å²) in [4.78, 5) is 22.1. The lowest BCUT2D eigenvalue weighted by Gasteiger charge is -2.14. The standard InChI is InChI=1S/C20H18N4O7S2/c1-14-6-10-16(11-7-14)33(30,31)23-20(25)21-18-4-2-3-5-19(18)22-32(28,29)17-12-8-15(9-13-17)24(26)27/h2-13,22H,1H3,(H2,21,23,25). The Kier molecular flexibility index (Phi) is 6.65. The molecule has 0 fully saturated rings. The predicted molar refractivity (Wildman–Crippen MR) is 121 cm³/mol. The number of amides is 2. The van der Waals surface area contributed by atoms with Gasteiger partial charge in [-0.1, -0.05) is 29.8 Å². The van der Waals surface area contributed by atoms with E-state index < -0.39 is 31.0 Å². The number of aryl methyl sites for hydroxylation is 1. The molecule has 0 saturated carbocycles. The van der Waals surface area contributed by atoms with E-state index in [1.807, 2.05) is 4.72 Å². The molecule has 0 unspecified atom stereocenters. The van der Waals surface area contributed by atoms with Crippen molar-refractivity contribution in [2.75, 3.05) is 10.0 Å². The van der Waals surface area contributed by atoms with E-state index in [4.69, 9.17) is 0 Å². The average molecular weight is 491 g/mol. The quantitative estimate of drug-likeness (QED) is 0.338. The van der Waals surface area contributed by atoms with Crippen LogP contribution in [0.5, 0.6) is 0 Å². The largest absolute Gasteiger partial charge is 0.333 e. The summed E-state index contributed by atoms with van der Waals surface area (Å²) in [5.41, 5.74) is 0.508. The maximum absolute atomic E-state index is 12.7. The molecule has 0 heterocycles. The number of rotatable bonds is 7. The molecule has 3 N–H and O–H groups in total.